The maximum absolute atomic E-state index is 13.1. The maximum atomic E-state index is 13.1. The lowest BCUT2D eigenvalue weighted by Gasteiger charge is -2.24. The molecule has 2 N–H and O–H groups in total. The van der Waals surface area contributed by atoms with Gasteiger partial charge in [-0.2, -0.15) is 0 Å². The van der Waals surface area contributed by atoms with E-state index in [1.807, 2.05) is 49.4 Å². The molecule has 1 saturated carbocycles. The minimum Gasteiger partial charge on any atom is -0.352 e. The van der Waals surface area contributed by atoms with Gasteiger partial charge in [0, 0.05) is 6.04 Å². The van der Waals surface area contributed by atoms with Crippen molar-refractivity contribution in [2.75, 3.05) is 6.54 Å². The van der Waals surface area contributed by atoms with Gasteiger partial charge in [-0.1, -0.05) is 42.5 Å². The number of urea groups is 1. The van der Waals surface area contributed by atoms with Crippen LogP contribution in [0.15, 0.2) is 42.5 Å². The second kappa shape index (κ2) is 6.37. The van der Waals surface area contributed by atoms with Crippen LogP contribution < -0.4 is 10.6 Å². The first-order chi connectivity index (χ1) is 12.9. The first-order valence-corrected chi connectivity index (χ1v) is 9.32. The zero-order valence-electron chi connectivity index (χ0n) is 15.5. The van der Waals surface area contributed by atoms with Crippen LogP contribution in [-0.2, 0) is 15.1 Å². The summed E-state index contributed by atoms with van der Waals surface area (Å²) in [4.78, 5) is 38.9. The van der Waals surface area contributed by atoms with E-state index in [9.17, 15) is 14.4 Å². The summed E-state index contributed by atoms with van der Waals surface area (Å²) in [5, 5.41) is 7.58. The van der Waals surface area contributed by atoms with E-state index < -0.39 is 17.5 Å². The highest BCUT2D eigenvalue weighted by atomic mass is 16.2. The molecular weight excluding hydrogens is 342 g/mol. The maximum Gasteiger partial charge on any atom is 0.325 e. The summed E-state index contributed by atoms with van der Waals surface area (Å²) in [7, 11) is 0. The van der Waals surface area contributed by atoms with Crippen LogP contribution in [0.5, 0.6) is 0 Å². The van der Waals surface area contributed by atoms with E-state index in [-0.39, 0.29) is 18.5 Å². The van der Waals surface area contributed by atoms with Crippen LogP contribution in [0.1, 0.15) is 32.3 Å². The number of carbonyl (C=O) groups is 3. The van der Waals surface area contributed by atoms with Gasteiger partial charge in [0.2, 0.25) is 5.91 Å². The second-order valence-electron chi connectivity index (χ2n) is 7.67. The molecule has 1 saturated heterocycles. The van der Waals surface area contributed by atoms with Gasteiger partial charge in [-0.05, 0) is 48.9 Å². The number of nitrogens with one attached hydrogen (secondary N) is 2. The number of amides is 4. The summed E-state index contributed by atoms with van der Waals surface area (Å²) in [5.41, 5.74) is -0.464. The molecule has 2 unspecified atom stereocenters. The normalized spacial score (nSPS) is 23.4. The fourth-order valence-electron chi connectivity index (χ4n) is 3.84. The van der Waals surface area contributed by atoms with E-state index in [1.165, 1.54) is 0 Å². The van der Waals surface area contributed by atoms with Crippen LogP contribution in [0, 0.1) is 5.92 Å². The quantitative estimate of drug-likeness (QED) is 0.799. The molecule has 27 heavy (non-hydrogen) atoms. The second-order valence-corrected chi connectivity index (χ2v) is 7.67. The number of carbonyl (C=O) groups excluding carboxylic acids is 3. The van der Waals surface area contributed by atoms with Crippen molar-refractivity contribution < 1.29 is 14.4 Å². The lowest BCUT2D eigenvalue weighted by Crippen LogP contribution is -2.45. The van der Waals surface area contributed by atoms with Gasteiger partial charge in [0.1, 0.15) is 12.1 Å². The third-order valence-electron chi connectivity index (χ3n) is 5.62. The molecule has 6 nitrogen and oxygen atoms in total. The van der Waals surface area contributed by atoms with Gasteiger partial charge in [0.25, 0.3) is 5.91 Å². The Labute approximate surface area is 157 Å². The summed E-state index contributed by atoms with van der Waals surface area (Å²) in [6.45, 7) is 3.39. The highest BCUT2D eigenvalue weighted by Gasteiger charge is 2.50. The molecule has 2 aromatic rings. The number of imide groups is 1. The Hall–Kier alpha value is -2.89. The molecule has 0 spiro atoms. The van der Waals surface area contributed by atoms with Crippen LogP contribution in [0.4, 0.5) is 4.79 Å². The molecule has 1 aliphatic carbocycles. The monoisotopic (exact) mass is 365 g/mol. The zero-order chi connectivity index (χ0) is 19.2. The number of rotatable bonds is 5. The van der Waals surface area contributed by atoms with Crippen LogP contribution in [0.25, 0.3) is 10.8 Å². The molecule has 0 bridgehead atoms. The van der Waals surface area contributed by atoms with Crippen molar-refractivity contribution in [1.29, 1.82) is 0 Å². The standard InChI is InChI=1S/C21H23N3O3/c1-13(14-10-11-14)22-18(25)12-24-19(26)21(2,23-20(24)27)17-9-5-7-15-6-3-4-8-16(15)17/h3-9,13-14H,10-12H2,1-2H3,(H,22,25)(H,23,27). The van der Waals surface area contributed by atoms with E-state index in [1.54, 1.807) is 6.92 Å². The molecule has 2 aromatic carbocycles. The largest absolute Gasteiger partial charge is 0.352 e. The molecule has 0 radical (unpaired) electrons. The Morgan fingerprint density at radius 2 is 1.93 bits per heavy atom. The SMILES string of the molecule is CC(NC(=O)CN1C(=O)NC(C)(c2cccc3ccccc23)C1=O)C1CC1. The van der Waals surface area contributed by atoms with Crippen LogP contribution in [-0.4, -0.2) is 35.3 Å². The van der Waals surface area contributed by atoms with Gasteiger partial charge in [0.05, 0.1) is 0 Å². The lowest BCUT2D eigenvalue weighted by atomic mass is 9.88. The molecule has 1 aliphatic heterocycles. The fraction of sp³-hybridized carbons (Fsp3) is 0.381. The molecular formula is C21H23N3O3. The smallest absolute Gasteiger partial charge is 0.325 e. The van der Waals surface area contributed by atoms with Crippen LogP contribution in [0.3, 0.4) is 0 Å². The number of nitrogens with zero attached hydrogens (tertiary/aromatic N) is 1. The highest BCUT2D eigenvalue weighted by Crippen LogP contribution is 2.34. The molecule has 4 rings (SSSR count). The molecule has 1 heterocycles. The summed E-state index contributed by atoms with van der Waals surface area (Å²) in [5.74, 6) is -0.198. The van der Waals surface area contributed by atoms with Crippen molar-refractivity contribution in [2.45, 2.75) is 38.3 Å². The van der Waals surface area contributed by atoms with Gasteiger partial charge in [-0.3, -0.25) is 14.5 Å². The molecule has 6 heteroatoms. The van der Waals surface area contributed by atoms with Crippen molar-refractivity contribution in [3.8, 4) is 0 Å². The predicted octanol–water partition coefficient (Wildman–Crippen LogP) is 2.52. The van der Waals surface area contributed by atoms with E-state index in [0.29, 0.717) is 5.92 Å². The molecule has 4 amide bonds. The molecule has 2 atom stereocenters. The first-order valence-electron chi connectivity index (χ1n) is 9.32. The van der Waals surface area contributed by atoms with E-state index in [0.717, 1.165) is 34.1 Å². The Kier molecular flexibility index (Phi) is 4.13. The number of fused-ring (bicyclic) bond motifs is 1. The average molecular weight is 365 g/mol. The summed E-state index contributed by atoms with van der Waals surface area (Å²) >= 11 is 0. The summed E-state index contributed by atoms with van der Waals surface area (Å²) in [6.07, 6.45) is 2.23. The van der Waals surface area contributed by atoms with Crippen LogP contribution in [0.2, 0.25) is 0 Å². The third kappa shape index (κ3) is 3.05. The van der Waals surface area contributed by atoms with Crippen molar-refractivity contribution in [2.24, 2.45) is 5.92 Å². The number of hydrogen-bond donors (Lipinski definition) is 2. The Morgan fingerprint density at radius 1 is 1.22 bits per heavy atom. The van der Waals surface area contributed by atoms with Crippen molar-refractivity contribution in [1.82, 2.24) is 15.5 Å². The molecule has 2 aliphatic rings. The van der Waals surface area contributed by atoms with Gasteiger partial charge >= 0.3 is 6.03 Å². The fourth-order valence-corrected chi connectivity index (χ4v) is 3.84. The van der Waals surface area contributed by atoms with Crippen LogP contribution >= 0.6 is 0 Å². The lowest BCUT2D eigenvalue weighted by molar-refractivity contribution is -0.135. The molecule has 2 fully saturated rings. The Morgan fingerprint density at radius 3 is 2.67 bits per heavy atom. The Bertz CT molecular complexity index is 932. The van der Waals surface area contributed by atoms with Gasteiger partial charge < -0.3 is 10.6 Å². The average Bonchev–Trinajstić information content (AvgIpc) is 3.47. The number of hydrogen-bond acceptors (Lipinski definition) is 3. The topological polar surface area (TPSA) is 78.5 Å². The predicted molar refractivity (Wildman–Crippen MR) is 102 cm³/mol. The molecule has 0 aromatic heterocycles. The van der Waals surface area contributed by atoms with Gasteiger partial charge in [-0.15, -0.1) is 0 Å². The van der Waals surface area contributed by atoms with E-state index in [4.69, 9.17) is 0 Å². The van der Waals surface area contributed by atoms with Crippen molar-refractivity contribution in [3.05, 3.63) is 48.0 Å². The van der Waals surface area contributed by atoms with E-state index >= 15 is 0 Å². The summed E-state index contributed by atoms with van der Waals surface area (Å²) in [6, 6.07) is 13.0. The third-order valence-corrected chi connectivity index (χ3v) is 5.62. The first kappa shape index (κ1) is 17.5. The zero-order valence-corrected chi connectivity index (χ0v) is 15.5. The van der Waals surface area contributed by atoms with Gasteiger partial charge in [-0.25, -0.2) is 4.79 Å². The minimum atomic E-state index is -1.19. The van der Waals surface area contributed by atoms with Crippen molar-refractivity contribution in [3.63, 3.8) is 0 Å². The summed E-state index contributed by atoms with van der Waals surface area (Å²) < 4.78 is 0. The highest BCUT2D eigenvalue weighted by molar-refractivity contribution is 6.10. The van der Waals surface area contributed by atoms with E-state index in [2.05, 4.69) is 10.6 Å². The minimum absolute atomic E-state index is 0.0720. The molecule has 140 valence electrons. The Balaban J connectivity index is 1.58. The van der Waals surface area contributed by atoms with Gasteiger partial charge in [0.15, 0.2) is 0 Å². The van der Waals surface area contributed by atoms with Crippen molar-refractivity contribution >= 4 is 28.6 Å². The number of benzene rings is 2.